The Morgan fingerprint density at radius 2 is 1.87 bits per heavy atom. The second-order valence-electron chi connectivity index (χ2n) is 6.99. The molecular formula is C20H18FN3O5S. The number of anilines is 1. The van der Waals surface area contributed by atoms with Crippen molar-refractivity contribution in [1.82, 2.24) is 9.78 Å². The van der Waals surface area contributed by atoms with E-state index in [1.54, 1.807) is 30.3 Å². The molecule has 0 aliphatic carbocycles. The molecule has 1 unspecified atom stereocenters. The Morgan fingerprint density at radius 1 is 1.17 bits per heavy atom. The number of carbonyl (C=O) groups excluding carboxylic acids is 1. The van der Waals surface area contributed by atoms with E-state index in [1.807, 2.05) is 0 Å². The van der Waals surface area contributed by atoms with E-state index in [-0.39, 0.29) is 17.4 Å². The van der Waals surface area contributed by atoms with Gasteiger partial charge in [0.25, 0.3) is 0 Å². The van der Waals surface area contributed by atoms with Crippen LogP contribution in [0.25, 0.3) is 11.5 Å². The van der Waals surface area contributed by atoms with Gasteiger partial charge in [-0.05, 0) is 42.8 Å². The Hall–Kier alpha value is -3.27. The Balaban J connectivity index is 1.62. The second-order valence-corrected chi connectivity index (χ2v) is 9.22. The molecule has 3 aromatic rings. The van der Waals surface area contributed by atoms with E-state index in [2.05, 4.69) is 5.10 Å². The van der Waals surface area contributed by atoms with E-state index >= 15 is 0 Å². The highest BCUT2D eigenvalue weighted by molar-refractivity contribution is 7.91. The van der Waals surface area contributed by atoms with Gasteiger partial charge in [0.1, 0.15) is 12.4 Å². The molecule has 2 aromatic carbocycles. The highest BCUT2D eigenvalue weighted by Gasteiger charge is 2.35. The van der Waals surface area contributed by atoms with Crippen molar-refractivity contribution in [3.05, 3.63) is 71.0 Å². The maximum absolute atomic E-state index is 13.1. The van der Waals surface area contributed by atoms with Crippen molar-refractivity contribution in [3.8, 4) is 11.5 Å². The molecule has 0 spiro atoms. The molecule has 1 amide bonds. The van der Waals surface area contributed by atoms with E-state index in [1.165, 1.54) is 29.2 Å². The van der Waals surface area contributed by atoms with E-state index in [9.17, 15) is 22.4 Å². The van der Waals surface area contributed by atoms with Gasteiger partial charge in [0.15, 0.2) is 9.84 Å². The summed E-state index contributed by atoms with van der Waals surface area (Å²) >= 11 is 0. The molecule has 0 bridgehead atoms. The topological polar surface area (TPSA) is 102 Å². The van der Waals surface area contributed by atoms with E-state index in [0.29, 0.717) is 17.7 Å². The minimum atomic E-state index is -3.23. The molecule has 0 radical (unpaired) electrons. The first-order valence-electron chi connectivity index (χ1n) is 9.24. The summed E-state index contributed by atoms with van der Waals surface area (Å²) in [6.45, 7) is -0.422. The van der Waals surface area contributed by atoms with Crippen molar-refractivity contribution in [2.24, 2.45) is 0 Å². The third kappa shape index (κ3) is 4.18. The summed E-state index contributed by atoms with van der Waals surface area (Å²) in [6, 6.07) is 13.4. The van der Waals surface area contributed by atoms with Gasteiger partial charge in [-0.1, -0.05) is 18.2 Å². The molecule has 8 nitrogen and oxygen atoms in total. The highest BCUT2D eigenvalue weighted by atomic mass is 32.2. The number of nitrogens with zero attached hydrogens (tertiary/aromatic N) is 3. The van der Waals surface area contributed by atoms with Crippen molar-refractivity contribution < 1.29 is 22.0 Å². The van der Waals surface area contributed by atoms with Gasteiger partial charge >= 0.3 is 5.76 Å². The zero-order valence-electron chi connectivity index (χ0n) is 15.8. The van der Waals surface area contributed by atoms with Crippen LogP contribution in [0.5, 0.6) is 0 Å². The van der Waals surface area contributed by atoms with Gasteiger partial charge in [-0.15, -0.1) is 5.10 Å². The quantitative estimate of drug-likeness (QED) is 0.611. The monoisotopic (exact) mass is 431 g/mol. The molecule has 0 N–H and O–H groups in total. The van der Waals surface area contributed by atoms with Gasteiger partial charge in [-0.25, -0.2) is 17.6 Å². The molecule has 4 rings (SSSR count). The number of amides is 1. The van der Waals surface area contributed by atoms with Crippen LogP contribution in [0.1, 0.15) is 6.42 Å². The molecular weight excluding hydrogens is 413 g/mol. The van der Waals surface area contributed by atoms with E-state index in [0.717, 1.165) is 4.68 Å². The van der Waals surface area contributed by atoms with Crippen LogP contribution in [-0.2, 0) is 21.2 Å². The minimum absolute atomic E-state index is 0.00685. The SMILES string of the molecule is O=C(Cn1nc(-c2ccc(F)cc2)oc1=O)N(c1ccccc1)C1CCS(=O)(=O)C1. The minimum Gasteiger partial charge on any atom is -0.388 e. The summed E-state index contributed by atoms with van der Waals surface area (Å²) < 4.78 is 43.0. The number of hydrogen-bond acceptors (Lipinski definition) is 6. The number of para-hydroxylation sites is 1. The Morgan fingerprint density at radius 3 is 2.50 bits per heavy atom. The Labute approximate surface area is 171 Å². The summed E-state index contributed by atoms with van der Waals surface area (Å²) in [5.74, 6) is -1.93. The van der Waals surface area contributed by atoms with Crippen LogP contribution in [0.4, 0.5) is 10.1 Å². The zero-order chi connectivity index (χ0) is 21.3. The van der Waals surface area contributed by atoms with Gasteiger partial charge in [-0.3, -0.25) is 4.79 Å². The van der Waals surface area contributed by atoms with Gasteiger partial charge in [0.2, 0.25) is 11.8 Å². The number of carbonyl (C=O) groups is 1. The smallest absolute Gasteiger partial charge is 0.388 e. The summed E-state index contributed by atoms with van der Waals surface area (Å²) in [6.07, 6.45) is 0.317. The Kier molecular flexibility index (Phi) is 5.25. The van der Waals surface area contributed by atoms with Gasteiger partial charge in [-0.2, -0.15) is 4.68 Å². The number of halogens is 1. The molecule has 1 aromatic heterocycles. The summed E-state index contributed by atoms with van der Waals surface area (Å²) in [5.41, 5.74) is 0.932. The average molecular weight is 431 g/mol. The van der Waals surface area contributed by atoms with Crippen LogP contribution >= 0.6 is 0 Å². The number of sulfone groups is 1. The fourth-order valence-corrected chi connectivity index (χ4v) is 5.15. The number of aromatic nitrogens is 2. The molecule has 1 saturated heterocycles. The standard InChI is InChI=1S/C20H18FN3O5S/c21-15-8-6-14(7-9-15)19-22-23(20(26)29-19)12-18(25)24(16-4-2-1-3-5-16)17-10-11-30(27,28)13-17/h1-9,17H,10-13H2. The lowest BCUT2D eigenvalue weighted by molar-refractivity contribution is -0.119. The maximum Gasteiger partial charge on any atom is 0.437 e. The van der Waals surface area contributed by atoms with Crippen LogP contribution in [0.15, 0.2) is 63.8 Å². The lowest BCUT2D eigenvalue weighted by Crippen LogP contribution is -2.44. The van der Waals surface area contributed by atoms with Gasteiger partial charge in [0.05, 0.1) is 17.5 Å². The van der Waals surface area contributed by atoms with Crippen molar-refractivity contribution >= 4 is 21.4 Å². The van der Waals surface area contributed by atoms with Gasteiger partial charge in [0, 0.05) is 11.3 Å². The molecule has 30 heavy (non-hydrogen) atoms. The summed E-state index contributed by atoms with van der Waals surface area (Å²) in [5, 5.41) is 4.03. The predicted octanol–water partition coefficient (Wildman–Crippen LogP) is 1.86. The first-order valence-corrected chi connectivity index (χ1v) is 11.1. The summed E-state index contributed by atoms with van der Waals surface area (Å²) in [7, 11) is -3.23. The first-order chi connectivity index (χ1) is 14.3. The normalized spacial score (nSPS) is 17.7. The third-order valence-corrected chi connectivity index (χ3v) is 6.61. The Bertz CT molecular complexity index is 1220. The maximum atomic E-state index is 13.1. The molecule has 1 fully saturated rings. The lowest BCUT2D eigenvalue weighted by Gasteiger charge is -2.28. The second kappa shape index (κ2) is 7.86. The molecule has 2 heterocycles. The number of benzene rings is 2. The highest BCUT2D eigenvalue weighted by Crippen LogP contribution is 2.25. The van der Waals surface area contributed by atoms with Crippen LogP contribution in [0.3, 0.4) is 0 Å². The molecule has 1 atom stereocenters. The zero-order valence-corrected chi connectivity index (χ0v) is 16.6. The molecule has 10 heteroatoms. The fraction of sp³-hybridized carbons (Fsp3) is 0.250. The lowest BCUT2D eigenvalue weighted by atomic mass is 10.2. The van der Waals surface area contributed by atoms with Crippen LogP contribution < -0.4 is 10.7 Å². The first kappa shape index (κ1) is 20.0. The van der Waals surface area contributed by atoms with Crippen LogP contribution in [-0.4, -0.2) is 41.7 Å². The average Bonchev–Trinajstić information content (AvgIpc) is 3.25. The molecule has 1 aliphatic rings. The fourth-order valence-electron chi connectivity index (χ4n) is 3.45. The van der Waals surface area contributed by atoms with E-state index in [4.69, 9.17) is 4.42 Å². The number of rotatable bonds is 5. The van der Waals surface area contributed by atoms with Gasteiger partial charge < -0.3 is 9.32 Å². The van der Waals surface area contributed by atoms with Crippen molar-refractivity contribution in [2.75, 3.05) is 16.4 Å². The van der Waals surface area contributed by atoms with Crippen molar-refractivity contribution in [2.45, 2.75) is 19.0 Å². The van der Waals surface area contributed by atoms with Crippen molar-refractivity contribution in [1.29, 1.82) is 0 Å². The molecule has 156 valence electrons. The van der Waals surface area contributed by atoms with E-state index < -0.39 is 39.9 Å². The van der Waals surface area contributed by atoms with Crippen LogP contribution in [0, 0.1) is 5.82 Å². The van der Waals surface area contributed by atoms with Crippen molar-refractivity contribution in [3.63, 3.8) is 0 Å². The third-order valence-electron chi connectivity index (χ3n) is 4.86. The molecule has 0 saturated carbocycles. The summed E-state index contributed by atoms with van der Waals surface area (Å²) in [4.78, 5) is 26.7. The largest absolute Gasteiger partial charge is 0.437 e. The predicted molar refractivity (Wildman–Crippen MR) is 107 cm³/mol. The molecule has 1 aliphatic heterocycles. The van der Waals surface area contributed by atoms with Crippen LogP contribution in [0.2, 0.25) is 0 Å². The number of hydrogen-bond donors (Lipinski definition) is 0.